The van der Waals surface area contributed by atoms with E-state index < -0.39 is 0 Å². The summed E-state index contributed by atoms with van der Waals surface area (Å²) in [5.74, 6) is 0. The van der Waals surface area contributed by atoms with E-state index >= 15 is 0 Å². The Morgan fingerprint density at radius 3 is 2.71 bits per heavy atom. The van der Waals surface area contributed by atoms with Crippen molar-refractivity contribution in [2.45, 2.75) is 6.92 Å². The van der Waals surface area contributed by atoms with Gasteiger partial charge in [0.15, 0.2) is 0 Å². The predicted octanol–water partition coefficient (Wildman–Crippen LogP) is 1.42. The molecule has 0 aliphatic heterocycles. The van der Waals surface area contributed by atoms with Gasteiger partial charge < -0.3 is 4.98 Å². The molecular formula is C12H10N4O. The van der Waals surface area contributed by atoms with Gasteiger partial charge >= 0.3 is 0 Å². The number of rotatable bonds is 1. The summed E-state index contributed by atoms with van der Waals surface area (Å²) in [4.78, 5) is 14.1. The maximum atomic E-state index is 11.3. The van der Waals surface area contributed by atoms with Gasteiger partial charge in [0.05, 0.1) is 5.52 Å². The van der Waals surface area contributed by atoms with Gasteiger partial charge in [0.2, 0.25) is 5.56 Å². The van der Waals surface area contributed by atoms with E-state index in [2.05, 4.69) is 15.2 Å². The Bertz CT molecular complexity index is 728. The molecule has 1 N–H and O–H groups in total. The van der Waals surface area contributed by atoms with E-state index in [1.165, 1.54) is 6.07 Å². The molecule has 2 heterocycles. The normalized spacial score (nSPS) is 10.9. The molecule has 17 heavy (non-hydrogen) atoms. The van der Waals surface area contributed by atoms with Crippen LogP contribution in [0.4, 0.5) is 0 Å². The second-order valence-corrected chi connectivity index (χ2v) is 3.92. The Labute approximate surface area is 96.7 Å². The standard InChI is InChI=1S/C12H10N4O/c1-8-4-10(16-6-13-14-7-16)5-9-2-3-11(17)15-12(8)9/h2-7H,1H3,(H,15,17). The van der Waals surface area contributed by atoms with Crippen molar-refractivity contribution in [2.24, 2.45) is 0 Å². The number of aromatic amines is 1. The van der Waals surface area contributed by atoms with Crippen LogP contribution in [0.2, 0.25) is 0 Å². The van der Waals surface area contributed by atoms with Crippen LogP contribution >= 0.6 is 0 Å². The number of pyridine rings is 1. The molecule has 0 amide bonds. The molecule has 3 aromatic rings. The Morgan fingerprint density at radius 1 is 1.18 bits per heavy atom. The molecule has 3 rings (SSSR count). The minimum absolute atomic E-state index is 0.0855. The molecule has 0 atom stereocenters. The zero-order valence-electron chi connectivity index (χ0n) is 9.21. The van der Waals surface area contributed by atoms with Crippen molar-refractivity contribution in [3.8, 4) is 5.69 Å². The van der Waals surface area contributed by atoms with Crippen molar-refractivity contribution in [1.82, 2.24) is 19.7 Å². The van der Waals surface area contributed by atoms with E-state index in [1.807, 2.05) is 29.7 Å². The highest BCUT2D eigenvalue weighted by Crippen LogP contribution is 2.19. The minimum atomic E-state index is -0.0855. The van der Waals surface area contributed by atoms with Gasteiger partial charge in [-0.2, -0.15) is 0 Å². The smallest absolute Gasteiger partial charge is 0.248 e. The average molecular weight is 226 g/mol. The van der Waals surface area contributed by atoms with Crippen LogP contribution in [0.1, 0.15) is 5.56 Å². The van der Waals surface area contributed by atoms with Crippen LogP contribution in [0.25, 0.3) is 16.6 Å². The number of aromatic nitrogens is 4. The van der Waals surface area contributed by atoms with E-state index in [9.17, 15) is 4.79 Å². The van der Waals surface area contributed by atoms with Crippen LogP contribution in [-0.2, 0) is 0 Å². The number of benzene rings is 1. The number of fused-ring (bicyclic) bond motifs is 1. The highest BCUT2D eigenvalue weighted by atomic mass is 16.1. The quantitative estimate of drug-likeness (QED) is 0.682. The third-order valence-electron chi connectivity index (χ3n) is 2.73. The lowest BCUT2D eigenvalue weighted by atomic mass is 10.1. The van der Waals surface area contributed by atoms with Gasteiger partial charge in [-0.25, -0.2) is 0 Å². The van der Waals surface area contributed by atoms with Crippen molar-refractivity contribution < 1.29 is 0 Å². The van der Waals surface area contributed by atoms with E-state index in [4.69, 9.17) is 0 Å². The molecule has 84 valence electrons. The fourth-order valence-corrected chi connectivity index (χ4v) is 1.91. The van der Waals surface area contributed by atoms with Gasteiger partial charge in [-0.05, 0) is 30.7 Å². The second-order valence-electron chi connectivity index (χ2n) is 3.92. The number of nitrogens with one attached hydrogen (secondary N) is 1. The molecule has 0 radical (unpaired) electrons. The predicted molar refractivity (Wildman–Crippen MR) is 64.2 cm³/mol. The van der Waals surface area contributed by atoms with Crippen LogP contribution in [-0.4, -0.2) is 19.7 Å². The van der Waals surface area contributed by atoms with Gasteiger partial charge in [-0.3, -0.25) is 9.36 Å². The molecule has 0 aliphatic rings. The van der Waals surface area contributed by atoms with Crippen molar-refractivity contribution in [1.29, 1.82) is 0 Å². The molecular weight excluding hydrogens is 216 g/mol. The Morgan fingerprint density at radius 2 is 1.94 bits per heavy atom. The van der Waals surface area contributed by atoms with E-state index in [0.717, 1.165) is 22.2 Å². The summed E-state index contributed by atoms with van der Waals surface area (Å²) in [5, 5.41) is 8.55. The monoisotopic (exact) mass is 226 g/mol. The molecule has 0 spiro atoms. The Balaban J connectivity index is 2.32. The largest absolute Gasteiger partial charge is 0.322 e. The first kappa shape index (κ1) is 9.77. The van der Waals surface area contributed by atoms with Crippen LogP contribution in [0.5, 0.6) is 0 Å². The lowest BCUT2D eigenvalue weighted by Crippen LogP contribution is -2.04. The molecule has 0 bridgehead atoms. The SMILES string of the molecule is Cc1cc(-n2cnnc2)cc2ccc(=O)[nH]c12. The number of H-pyrrole nitrogens is 1. The average Bonchev–Trinajstić information content (AvgIpc) is 2.83. The van der Waals surface area contributed by atoms with Crippen molar-refractivity contribution in [3.05, 3.63) is 52.8 Å². The number of aryl methyl sites for hydroxylation is 1. The summed E-state index contributed by atoms with van der Waals surface area (Å²) < 4.78 is 1.83. The van der Waals surface area contributed by atoms with Gasteiger partial charge in [-0.1, -0.05) is 0 Å². The van der Waals surface area contributed by atoms with Gasteiger partial charge in [0, 0.05) is 17.1 Å². The van der Waals surface area contributed by atoms with Crippen molar-refractivity contribution in [2.75, 3.05) is 0 Å². The number of hydrogen-bond acceptors (Lipinski definition) is 3. The molecule has 5 heteroatoms. The first-order valence-corrected chi connectivity index (χ1v) is 5.23. The topological polar surface area (TPSA) is 63.6 Å². The molecule has 0 saturated heterocycles. The molecule has 0 fully saturated rings. The van der Waals surface area contributed by atoms with Crippen LogP contribution < -0.4 is 5.56 Å². The highest BCUT2D eigenvalue weighted by molar-refractivity contribution is 5.83. The summed E-state index contributed by atoms with van der Waals surface area (Å²) >= 11 is 0. The van der Waals surface area contributed by atoms with Crippen LogP contribution in [0.15, 0.2) is 41.7 Å². The van der Waals surface area contributed by atoms with Crippen LogP contribution in [0.3, 0.4) is 0 Å². The van der Waals surface area contributed by atoms with Gasteiger partial charge in [0.25, 0.3) is 0 Å². The second kappa shape index (κ2) is 3.55. The van der Waals surface area contributed by atoms with Crippen molar-refractivity contribution in [3.63, 3.8) is 0 Å². The molecule has 2 aromatic heterocycles. The molecule has 1 aromatic carbocycles. The lowest BCUT2D eigenvalue weighted by molar-refractivity contribution is 1.05. The zero-order valence-corrected chi connectivity index (χ0v) is 9.21. The maximum Gasteiger partial charge on any atom is 0.248 e. The first-order valence-electron chi connectivity index (χ1n) is 5.23. The Hall–Kier alpha value is -2.43. The summed E-state index contributed by atoms with van der Waals surface area (Å²) in [5.41, 5.74) is 2.78. The van der Waals surface area contributed by atoms with E-state index in [1.54, 1.807) is 12.7 Å². The number of nitrogens with zero attached hydrogens (tertiary/aromatic N) is 3. The molecule has 5 nitrogen and oxygen atoms in total. The summed E-state index contributed by atoms with van der Waals surface area (Å²) in [6, 6.07) is 7.32. The summed E-state index contributed by atoms with van der Waals surface area (Å²) in [7, 11) is 0. The van der Waals surface area contributed by atoms with Crippen molar-refractivity contribution >= 4 is 10.9 Å². The lowest BCUT2D eigenvalue weighted by Gasteiger charge is -2.06. The third-order valence-corrected chi connectivity index (χ3v) is 2.73. The summed E-state index contributed by atoms with van der Waals surface area (Å²) in [6.07, 6.45) is 3.29. The van der Waals surface area contributed by atoms with E-state index in [-0.39, 0.29) is 5.56 Å². The Kier molecular flexibility index (Phi) is 2.04. The van der Waals surface area contributed by atoms with Gasteiger partial charge in [0.1, 0.15) is 12.7 Å². The fourth-order valence-electron chi connectivity index (χ4n) is 1.91. The minimum Gasteiger partial charge on any atom is -0.322 e. The molecule has 0 saturated carbocycles. The summed E-state index contributed by atoms with van der Waals surface area (Å²) in [6.45, 7) is 1.96. The van der Waals surface area contributed by atoms with E-state index in [0.29, 0.717) is 0 Å². The third kappa shape index (κ3) is 1.61. The molecule has 0 aliphatic carbocycles. The van der Waals surface area contributed by atoms with Gasteiger partial charge in [-0.15, -0.1) is 10.2 Å². The first-order chi connectivity index (χ1) is 8.24. The number of hydrogen-bond donors (Lipinski definition) is 1. The molecule has 0 unspecified atom stereocenters. The fraction of sp³-hybridized carbons (Fsp3) is 0.0833. The zero-order chi connectivity index (χ0) is 11.8. The maximum absolute atomic E-state index is 11.3. The highest BCUT2D eigenvalue weighted by Gasteiger charge is 2.03. The van der Waals surface area contributed by atoms with Crippen LogP contribution in [0, 0.1) is 6.92 Å².